The van der Waals surface area contributed by atoms with Crippen molar-refractivity contribution < 1.29 is 9.72 Å². The molecule has 0 atom stereocenters. The van der Waals surface area contributed by atoms with Crippen LogP contribution in [0.25, 0.3) is 6.08 Å². The van der Waals surface area contributed by atoms with Crippen molar-refractivity contribution in [2.45, 2.75) is 18.9 Å². The van der Waals surface area contributed by atoms with Gasteiger partial charge in [-0.05, 0) is 24.5 Å². The van der Waals surface area contributed by atoms with Crippen LogP contribution in [0.5, 0.6) is 0 Å². The maximum Gasteiger partial charge on any atom is 0.270 e. The molecule has 1 aliphatic carbocycles. The summed E-state index contributed by atoms with van der Waals surface area (Å²) < 4.78 is 0. The van der Waals surface area contributed by atoms with Crippen LogP contribution in [-0.4, -0.2) is 16.9 Å². The molecule has 88 valence electrons. The van der Waals surface area contributed by atoms with Gasteiger partial charge < -0.3 is 5.32 Å². The highest BCUT2D eigenvalue weighted by Crippen LogP contribution is 2.18. The summed E-state index contributed by atoms with van der Waals surface area (Å²) in [4.78, 5) is 21.4. The fourth-order valence-electron chi connectivity index (χ4n) is 1.39. The van der Waals surface area contributed by atoms with E-state index in [2.05, 4.69) is 5.32 Å². The lowest BCUT2D eigenvalue weighted by Gasteiger charge is -1.97. The molecular formula is C12H12N2O3. The lowest BCUT2D eigenvalue weighted by molar-refractivity contribution is -0.384. The first-order valence-corrected chi connectivity index (χ1v) is 5.38. The van der Waals surface area contributed by atoms with Crippen LogP contribution in [0.15, 0.2) is 30.3 Å². The van der Waals surface area contributed by atoms with Crippen molar-refractivity contribution in [1.29, 1.82) is 0 Å². The predicted octanol–water partition coefficient (Wildman–Crippen LogP) is 1.89. The van der Waals surface area contributed by atoms with E-state index in [0.29, 0.717) is 11.6 Å². The molecule has 0 unspecified atom stereocenters. The average Bonchev–Trinajstić information content (AvgIpc) is 3.11. The van der Waals surface area contributed by atoms with Gasteiger partial charge in [-0.15, -0.1) is 0 Å². The molecular weight excluding hydrogens is 220 g/mol. The van der Waals surface area contributed by atoms with E-state index in [4.69, 9.17) is 0 Å². The van der Waals surface area contributed by atoms with Gasteiger partial charge in [0.25, 0.3) is 5.69 Å². The van der Waals surface area contributed by atoms with Gasteiger partial charge in [0.1, 0.15) is 0 Å². The van der Waals surface area contributed by atoms with Crippen LogP contribution in [-0.2, 0) is 4.79 Å². The maximum atomic E-state index is 11.4. The van der Waals surface area contributed by atoms with Crippen molar-refractivity contribution in [2.24, 2.45) is 0 Å². The number of hydrogen-bond acceptors (Lipinski definition) is 3. The molecule has 0 bridgehead atoms. The number of nitro benzene ring substituents is 1. The highest BCUT2D eigenvalue weighted by molar-refractivity contribution is 5.92. The fourth-order valence-corrected chi connectivity index (χ4v) is 1.39. The van der Waals surface area contributed by atoms with Crippen LogP contribution < -0.4 is 5.32 Å². The zero-order valence-electron chi connectivity index (χ0n) is 9.13. The van der Waals surface area contributed by atoms with Gasteiger partial charge in [0, 0.05) is 24.3 Å². The molecule has 1 aliphatic rings. The van der Waals surface area contributed by atoms with Crippen molar-refractivity contribution in [1.82, 2.24) is 5.32 Å². The molecule has 0 heterocycles. The van der Waals surface area contributed by atoms with E-state index in [0.717, 1.165) is 12.8 Å². The Labute approximate surface area is 98.3 Å². The Morgan fingerprint density at radius 3 is 2.88 bits per heavy atom. The molecule has 1 N–H and O–H groups in total. The van der Waals surface area contributed by atoms with Crippen LogP contribution in [0.3, 0.4) is 0 Å². The van der Waals surface area contributed by atoms with E-state index in [1.165, 1.54) is 18.2 Å². The Morgan fingerprint density at radius 1 is 1.47 bits per heavy atom. The van der Waals surface area contributed by atoms with Gasteiger partial charge in [-0.3, -0.25) is 14.9 Å². The van der Waals surface area contributed by atoms with Gasteiger partial charge in [-0.1, -0.05) is 12.1 Å². The highest BCUT2D eigenvalue weighted by Gasteiger charge is 2.21. The minimum atomic E-state index is -0.457. The van der Waals surface area contributed by atoms with E-state index >= 15 is 0 Å². The number of nitro groups is 1. The van der Waals surface area contributed by atoms with E-state index in [-0.39, 0.29) is 11.6 Å². The Kier molecular flexibility index (Phi) is 3.18. The maximum absolute atomic E-state index is 11.4. The molecule has 0 radical (unpaired) electrons. The minimum absolute atomic E-state index is 0.0229. The molecule has 1 aromatic carbocycles. The van der Waals surface area contributed by atoms with Crippen molar-refractivity contribution in [3.63, 3.8) is 0 Å². The van der Waals surface area contributed by atoms with Crippen LogP contribution in [0, 0.1) is 10.1 Å². The number of carbonyl (C=O) groups excluding carboxylic acids is 1. The highest BCUT2D eigenvalue weighted by atomic mass is 16.6. The molecule has 0 aliphatic heterocycles. The summed E-state index contributed by atoms with van der Waals surface area (Å²) in [6, 6.07) is 6.48. The summed E-state index contributed by atoms with van der Waals surface area (Å²) in [5.41, 5.74) is 0.667. The second kappa shape index (κ2) is 4.78. The lowest BCUT2D eigenvalue weighted by Crippen LogP contribution is -2.22. The van der Waals surface area contributed by atoms with Gasteiger partial charge in [0.2, 0.25) is 5.91 Å². The molecule has 0 aromatic heterocycles. The number of hydrogen-bond donors (Lipinski definition) is 1. The van der Waals surface area contributed by atoms with Crippen LogP contribution in [0.2, 0.25) is 0 Å². The molecule has 2 rings (SSSR count). The first-order valence-electron chi connectivity index (χ1n) is 5.38. The molecule has 1 aromatic rings. The van der Waals surface area contributed by atoms with Crippen LogP contribution in [0.1, 0.15) is 18.4 Å². The number of nitrogens with one attached hydrogen (secondary N) is 1. The molecule has 1 amide bonds. The number of benzene rings is 1. The van der Waals surface area contributed by atoms with Crippen molar-refractivity contribution in [3.8, 4) is 0 Å². The summed E-state index contributed by atoms with van der Waals surface area (Å²) in [6.07, 6.45) is 5.05. The average molecular weight is 232 g/mol. The summed E-state index contributed by atoms with van der Waals surface area (Å²) in [5.74, 6) is -0.154. The Bertz CT molecular complexity index is 478. The van der Waals surface area contributed by atoms with Gasteiger partial charge in [-0.2, -0.15) is 0 Å². The molecule has 17 heavy (non-hydrogen) atoms. The second-order valence-electron chi connectivity index (χ2n) is 3.97. The number of rotatable bonds is 4. The molecule has 0 spiro atoms. The van der Waals surface area contributed by atoms with Crippen LogP contribution >= 0.6 is 0 Å². The number of amides is 1. The molecule has 0 saturated heterocycles. The summed E-state index contributed by atoms with van der Waals surface area (Å²) in [6.45, 7) is 0. The number of non-ortho nitro benzene ring substituents is 1. The predicted molar refractivity (Wildman–Crippen MR) is 63.3 cm³/mol. The molecule has 5 heteroatoms. The van der Waals surface area contributed by atoms with Crippen molar-refractivity contribution in [2.75, 3.05) is 0 Å². The number of nitrogens with zero attached hydrogens (tertiary/aromatic N) is 1. The largest absolute Gasteiger partial charge is 0.350 e. The standard InChI is InChI=1S/C12H12N2O3/c15-12(13-10-5-6-10)7-4-9-2-1-3-11(8-9)14(16)17/h1-4,7-8,10H,5-6H2,(H,13,15)/b7-4-. The van der Waals surface area contributed by atoms with E-state index in [9.17, 15) is 14.9 Å². The van der Waals surface area contributed by atoms with Gasteiger partial charge in [0.15, 0.2) is 0 Å². The fraction of sp³-hybridized carbons (Fsp3) is 0.250. The van der Waals surface area contributed by atoms with E-state index < -0.39 is 4.92 Å². The molecule has 5 nitrogen and oxygen atoms in total. The third kappa shape index (κ3) is 3.41. The van der Waals surface area contributed by atoms with E-state index in [1.807, 2.05) is 0 Å². The quantitative estimate of drug-likeness (QED) is 0.489. The van der Waals surface area contributed by atoms with Crippen molar-refractivity contribution >= 4 is 17.7 Å². The minimum Gasteiger partial charge on any atom is -0.350 e. The first kappa shape index (κ1) is 11.3. The Balaban J connectivity index is 2.01. The van der Waals surface area contributed by atoms with Gasteiger partial charge in [-0.25, -0.2) is 0 Å². The second-order valence-corrected chi connectivity index (χ2v) is 3.97. The zero-order valence-corrected chi connectivity index (χ0v) is 9.13. The van der Waals surface area contributed by atoms with Crippen LogP contribution in [0.4, 0.5) is 5.69 Å². The molecule has 1 fully saturated rings. The van der Waals surface area contributed by atoms with Gasteiger partial charge in [0.05, 0.1) is 4.92 Å². The Morgan fingerprint density at radius 2 is 2.24 bits per heavy atom. The SMILES string of the molecule is O=C(/C=C\c1cccc([N+](=O)[O-])c1)NC1CC1. The van der Waals surface area contributed by atoms with Gasteiger partial charge >= 0.3 is 0 Å². The summed E-state index contributed by atoms with van der Waals surface area (Å²) >= 11 is 0. The summed E-state index contributed by atoms with van der Waals surface area (Å²) in [7, 11) is 0. The first-order chi connectivity index (χ1) is 8.15. The molecule has 1 saturated carbocycles. The Hall–Kier alpha value is -2.17. The monoisotopic (exact) mass is 232 g/mol. The lowest BCUT2D eigenvalue weighted by atomic mass is 10.2. The third-order valence-corrected chi connectivity index (χ3v) is 2.43. The topological polar surface area (TPSA) is 72.2 Å². The summed E-state index contributed by atoms with van der Waals surface area (Å²) in [5, 5.41) is 13.3. The normalized spacial score (nSPS) is 14.8. The smallest absolute Gasteiger partial charge is 0.270 e. The zero-order chi connectivity index (χ0) is 12.3. The third-order valence-electron chi connectivity index (χ3n) is 2.43. The number of carbonyl (C=O) groups is 1. The van der Waals surface area contributed by atoms with Crippen molar-refractivity contribution in [3.05, 3.63) is 46.0 Å². The van der Waals surface area contributed by atoms with E-state index in [1.54, 1.807) is 18.2 Å².